The normalized spacial score (nSPS) is 12.4. The largest absolute Gasteiger partial charge is 0.447 e. The van der Waals surface area contributed by atoms with Crippen LogP contribution in [0.4, 0.5) is 4.39 Å². The molecule has 1 aromatic carbocycles. The van der Waals surface area contributed by atoms with Crippen LogP contribution < -0.4 is 0 Å². The second kappa shape index (κ2) is 8.76. The molecule has 0 fully saturated rings. The maximum atomic E-state index is 14.0. The quantitative estimate of drug-likeness (QED) is 0.730. The number of aromatic nitrogens is 1. The molecule has 6 heteroatoms. The average Bonchev–Trinajstić information content (AvgIpc) is 3.09. The van der Waals surface area contributed by atoms with Gasteiger partial charge < -0.3 is 9.32 Å². The Morgan fingerprint density at radius 3 is 2.64 bits per heavy atom. The summed E-state index contributed by atoms with van der Waals surface area (Å²) in [6, 6.07) is 6.99. The molecule has 2 rings (SSSR count). The second-order valence-corrected chi connectivity index (χ2v) is 6.20. The van der Waals surface area contributed by atoms with Gasteiger partial charge in [-0.05, 0) is 26.3 Å². The van der Waals surface area contributed by atoms with Gasteiger partial charge in [0.1, 0.15) is 12.1 Å². The van der Waals surface area contributed by atoms with Crippen molar-refractivity contribution in [3.63, 3.8) is 0 Å². The van der Waals surface area contributed by atoms with Gasteiger partial charge in [0.05, 0.1) is 6.54 Å². The summed E-state index contributed by atoms with van der Waals surface area (Å²) in [5.74, 6) is 0.0785. The van der Waals surface area contributed by atoms with E-state index in [9.17, 15) is 9.18 Å². The monoisotopic (exact) mass is 347 g/mol. The topological polar surface area (TPSA) is 49.6 Å². The van der Waals surface area contributed by atoms with Gasteiger partial charge in [-0.2, -0.15) is 0 Å². The van der Waals surface area contributed by atoms with Crippen LogP contribution in [0, 0.1) is 5.82 Å². The van der Waals surface area contributed by atoms with Crippen LogP contribution in [0.3, 0.4) is 0 Å². The number of hydrogen-bond donors (Lipinski definition) is 0. The van der Waals surface area contributed by atoms with Gasteiger partial charge in [-0.15, -0.1) is 0 Å². The van der Waals surface area contributed by atoms with Gasteiger partial charge in [-0.3, -0.25) is 9.69 Å². The molecule has 0 bridgehead atoms. The molecule has 0 aliphatic heterocycles. The lowest BCUT2D eigenvalue weighted by molar-refractivity contribution is 0.0796. The van der Waals surface area contributed by atoms with Gasteiger partial charge in [-0.1, -0.05) is 25.1 Å². The minimum atomic E-state index is -0.219. The molecular weight excluding hydrogens is 321 g/mol. The lowest BCUT2D eigenvalue weighted by Crippen LogP contribution is -2.32. The molecule has 0 radical (unpaired) electrons. The van der Waals surface area contributed by atoms with E-state index in [1.165, 1.54) is 12.3 Å². The molecule has 0 aliphatic rings. The first-order chi connectivity index (χ1) is 12.0. The van der Waals surface area contributed by atoms with E-state index >= 15 is 0 Å². The van der Waals surface area contributed by atoms with Crippen LogP contribution in [0.25, 0.3) is 0 Å². The van der Waals surface area contributed by atoms with E-state index in [-0.39, 0.29) is 17.8 Å². The molecular formula is C19H26FN3O2. The van der Waals surface area contributed by atoms with E-state index in [0.717, 1.165) is 6.42 Å². The molecule has 1 aromatic heterocycles. The number of hydrogen-bond acceptors (Lipinski definition) is 4. The van der Waals surface area contributed by atoms with E-state index in [4.69, 9.17) is 4.42 Å². The number of rotatable bonds is 8. The van der Waals surface area contributed by atoms with E-state index in [1.54, 1.807) is 24.1 Å². The minimum absolute atomic E-state index is 0.165. The Hall–Kier alpha value is -2.21. The lowest BCUT2D eigenvalue weighted by Gasteiger charge is -2.27. The first kappa shape index (κ1) is 19.1. The summed E-state index contributed by atoms with van der Waals surface area (Å²) in [5, 5.41) is 0. The highest BCUT2D eigenvalue weighted by Gasteiger charge is 2.20. The summed E-state index contributed by atoms with van der Waals surface area (Å²) in [6.45, 7) is 7.56. The zero-order valence-electron chi connectivity index (χ0n) is 15.3. The Morgan fingerprint density at radius 1 is 1.28 bits per heavy atom. The number of benzene rings is 1. The van der Waals surface area contributed by atoms with Crippen molar-refractivity contribution in [1.29, 1.82) is 0 Å². The molecule has 0 spiro atoms. The van der Waals surface area contributed by atoms with Crippen LogP contribution in [0.1, 0.15) is 49.1 Å². The minimum Gasteiger partial charge on any atom is -0.447 e. The molecule has 0 aliphatic carbocycles. The third kappa shape index (κ3) is 4.89. The van der Waals surface area contributed by atoms with Crippen molar-refractivity contribution in [2.45, 2.75) is 46.3 Å². The molecule has 2 aromatic rings. The number of carbonyl (C=O) groups is 1. The first-order valence-corrected chi connectivity index (χ1v) is 8.63. The Morgan fingerprint density at radius 2 is 2.00 bits per heavy atom. The highest BCUT2D eigenvalue weighted by atomic mass is 19.1. The van der Waals surface area contributed by atoms with Crippen molar-refractivity contribution < 1.29 is 13.6 Å². The average molecular weight is 347 g/mol. The highest BCUT2D eigenvalue weighted by Crippen LogP contribution is 2.17. The third-order valence-corrected chi connectivity index (χ3v) is 4.48. The fourth-order valence-electron chi connectivity index (χ4n) is 2.47. The Labute approximate surface area is 148 Å². The van der Waals surface area contributed by atoms with Crippen LogP contribution in [0.5, 0.6) is 0 Å². The predicted molar refractivity (Wildman–Crippen MR) is 94.5 cm³/mol. The van der Waals surface area contributed by atoms with Crippen molar-refractivity contribution in [2.75, 3.05) is 13.6 Å². The first-order valence-electron chi connectivity index (χ1n) is 8.63. The van der Waals surface area contributed by atoms with E-state index < -0.39 is 0 Å². The van der Waals surface area contributed by atoms with Crippen LogP contribution in [0.15, 0.2) is 34.9 Å². The van der Waals surface area contributed by atoms with Crippen molar-refractivity contribution in [3.8, 4) is 0 Å². The van der Waals surface area contributed by atoms with Crippen molar-refractivity contribution in [1.82, 2.24) is 14.8 Å². The Bertz CT molecular complexity index is 701. The van der Waals surface area contributed by atoms with Gasteiger partial charge in [-0.25, -0.2) is 9.37 Å². The van der Waals surface area contributed by atoms with Crippen LogP contribution in [-0.2, 0) is 13.1 Å². The number of nitrogens with zero attached hydrogens (tertiary/aromatic N) is 3. The fraction of sp³-hybridized carbons (Fsp3) is 0.474. The fourth-order valence-corrected chi connectivity index (χ4v) is 2.47. The van der Waals surface area contributed by atoms with Crippen molar-refractivity contribution in [2.24, 2.45) is 0 Å². The van der Waals surface area contributed by atoms with Gasteiger partial charge >= 0.3 is 0 Å². The number of oxazole rings is 1. The molecule has 1 atom stereocenters. The molecule has 5 nitrogen and oxygen atoms in total. The standard InChI is InChI=1S/C19H26FN3O2/c1-5-14(3)23(11-15-9-7-8-10-16(15)20)12-18-21-17(13-25-18)19(24)22(4)6-2/h7-10,13-14H,5-6,11-12H2,1-4H3. The summed E-state index contributed by atoms with van der Waals surface area (Å²) in [7, 11) is 1.72. The third-order valence-electron chi connectivity index (χ3n) is 4.48. The molecule has 25 heavy (non-hydrogen) atoms. The maximum absolute atomic E-state index is 14.0. The van der Waals surface area contributed by atoms with Gasteiger partial charge in [0.25, 0.3) is 5.91 Å². The molecule has 0 N–H and O–H groups in total. The number of halogens is 1. The van der Waals surface area contributed by atoms with E-state index in [1.807, 2.05) is 13.0 Å². The van der Waals surface area contributed by atoms with E-state index in [0.29, 0.717) is 36.8 Å². The lowest BCUT2D eigenvalue weighted by atomic mass is 10.1. The van der Waals surface area contributed by atoms with E-state index in [2.05, 4.69) is 23.7 Å². The van der Waals surface area contributed by atoms with Gasteiger partial charge in [0, 0.05) is 31.7 Å². The highest BCUT2D eigenvalue weighted by molar-refractivity contribution is 5.91. The number of amides is 1. The molecule has 1 heterocycles. The zero-order chi connectivity index (χ0) is 18.4. The van der Waals surface area contributed by atoms with Crippen LogP contribution in [0.2, 0.25) is 0 Å². The maximum Gasteiger partial charge on any atom is 0.275 e. The Kier molecular flexibility index (Phi) is 6.70. The van der Waals surface area contributed by atoms with Crippen molar-refractivity contribution >= 4 is 5.91 Å². The molecule has 0 saturated heterocycles. The number of carbonyl (C=O) groups excluding carboxylic acids is 1. The second-order valence-electron chi connectivity index (χ2n) is 6.20. The summed E-state index contributed by atoms with van der Waals surface area (Å²) in [6.07, 6.45) is 2.31. The smallest absolute Gasteiger partial charge is 0.275 e. The molecule has 136 valence electrons. The predicted octanol–water partition coefficient (Wildman–Crippen LogP) is 3.71. The summed E-state index contributed by atoms with van der Waals surface area (Å²) in [5.41, 5.74) is 0.936. The summed E-state index contributed by atoms with van der Waals surface area (Å²) < 4.78 is 19.5. The zero-order valence-corrected chi connectivity index (χ0v) is 15.3. The van der Waals surface area contributed by atoms with Crippen molar-refractivity contribution in [3.05, 3.63) is 53.5 Å². The van der Waals surface area contributed by atoms with Gasteiger partial charge in [0.15, 0.2) is 5.69 Å². The Balaban J connectivity index is 2.14. The summed E-state index contributed by atoms with van der Waals surface area (Å²) >= 11 is 0. The van der Waals surface area contributed by atoms with Gasteiger partial charge in [0.2, 0.25) is 5.89 Å². The van der Waals surface area contributed by atoms with Crippen LogP contribution >= 0.6 is 0 Å². The summed E-state index contributed by atoms with van der Waals surface area (Å²) in [4.78, 5) is 20.1. The molecule has 1 amide bonds. The molecule has 0 saturated carbocycles. The SMILES string of the molecule is CCC(C)N(Cc1nc(C(=O)N(C)CC)co1)Cc1ccccc1F. The van der Waals surface area contributed by atoms with Crippen LogP contribution in [-0.4, -0.2) is 40.3 Å². The molecule has 1 unspecified atom stereocenters.